The molecule has 9 heteroatoms. The minimum atomic E-state index is -0.500. The van der Waals surface area contributed by atoms with Crippen LogP contribution in [0.3, 0.4) is 0 Å². The van der Waals surface area contributed by atoms with E-state index in [1.165, 1.54) is 0 Å². The summed E-state index contributed by atoms with van der Waals surface area (Å²) in [5, 5.41) is 11.0. The maximum atomic E-state index is 10.8. The normalized spacial score (nSPS) is 16.5. The van der Waals surface area contributed by atoms with Gasteiger partial charge in [0.05, 0.1) is 13.1 Å². The molecule has 0 spiro atoms. The van der Waals surface area contributed by atoms with Crippen LogP contribution in [0.5, 0.6) is 5.75 Å². The van der Waals surface area contributed by atoms with E-state index in [0.717, 1.165) is 43.3 Å². The Balaban J connectivity index is 1.60. The third-order valence-corrected chi connectivity index (χ3v) is 4.19. The van der Waals surface area contributed by atoms with Crippen LogP contribution >= 0.6 is 0 Å². The molecule has 144 valence electrons. The molecular formula is C18H25N7O2. The van der Waals surface area contributed by atoms with Crippen molar-refractivity contribution in [1.29, 1.82) is 0 Å². The van der Waals surface area contributed by atoms with Crippen molar-refractivity contribution in [3.8, 4) is 5.75 Å². The molecule has 0 saturated carbocycles. The molecule has 0 saturated heterocycles. The molecule has 0 bridgehead atoms. The van der Waals surface area contributed by atoms with Crippen LogP contribution in [0.4, 0.5) is 0 Å². The summed E-state index contributed by atoms with van der Waals surface area (Å²) in [7, 11) is 0. The topological polar surface area (TPSA) is 119 Å². The van der Waals surface area contributed by atoms with Gasteiger partial charge in [0.1, 0.15) is 17.9 Å². The van der Waals surface area contributed by atoms with Gasteiger partial charge in [0.2, 0.25) is 0 Å². The number of ether oxygens (including phenoxy) is 1. The molecule has 1 aliphatic heterocycles. The molecule has 0 radical (unpaired) electrons. The lowest BCUT2D eigenvalue weighted by molar-refractivity contribution is -0.119. The lowest BCUT2D eigenvalue weighted by atomic mass is 10.1. The molecule has 1 aliphatic rings. The lowest BCUT2D eigenvalue weighted by Gasteiger charge is -2.25. The van der Waals surface area contributed by atoms with E-state index in [1.807, 2.05) is 29.8 Å². The number of fused-ring (bicyclic) bond motifs is 1. The third-order valence-electron chi connectivity index (χ3n) is 4.19. The highest BCUT2D eigenvalue weighted by Crippen LogP contribution is 2.14. The summed E-state index contributed by atoms with van der Waals surface area (Å²) in [5.41, 5.74) is 6.09. The second-order valence-corrected chi connectivity index (χ2v) is 6.34. The number of aromatic nitrogens is 3. The van der Waals surface area contributed by atoms with Crippen LogP contribution in [0, 0.1) is 0 Å². The Kier molecular flexibility index (Phi) is 6.24. The van der Waals surface area contributed by atoms with E-state index in [-0.39, 0.29) is 12.6 Å². The highest BCUT2D eigenvalue weighted by atomic mass is 16.5. The van der Waals surface area contributed by atoms with Crippen LogP contribution < -0.4 is 21.1 Å². The van der Waals surface area contributed by atoms with Crippen LogP contribution in [0.25, 0.3) is 0 Å². The molecule has 1 amide bonds. The largest absolute Gasteiger partial charge is 0.484 e. The summed E-state index contributed by atoms with van der Waals surface area (Å²) in [6.07, 6.45) is 3.49. The summed E-state index contributed by atoms with van der Waals surface area (Å²) in [4.78, 5) is 19.8. The minimum Gasteiger partial charge on any atom is -0.484 e. The smallest absolute Gasteiger partial charge is 0.255 e. The number of hydrogen-bond donors (Lipinski definition) is 3. The highest BCUT2D eigenvalue weighted by Gasteiger charge is 2.20. The number of carbonyl (C=O) groups excluding carboxylic acids is 1. The number of nitrogens with zero attached hydrogens (tertiary/aromatic N) is 4. The third kappa shape index (κ3) is 5.44. The number of primary amides is 1. The average Bonchev–Trinajstić information content (AvgIpc) is 3.13. The fraction of sp³-hybridized carbons (Fsp3) is 0.444. The molecule has 1 unspecified atom stereocenters. The Morgan fingerprint density at radius 2 is 2.37 bits per heavy atom. The fourth-order valence-electron chi connectivity index (χ4n) is 2.93. The van der Waals surface area contributed by atoms with Crippen LogP contribution in [-0.4, -0.2) is 45.8 Å². The Hall–Kier alpha value is -3.10. The summed E-state index contributed by atoms with van der Waals surface area (Å²) < 4.78 is 7.27. The number of nitrogens with two attached hydrogens (primary N) is 1. The van der Waals surface area contributed by atoms with Gasteiger partial charge in [-0.2, -0.15) is 5.10 Å². The van der Waals surface area contributed by atoms with Crippen LogP contribution in [0.1, 0.15) is 24.7 Å². The van der Waals surface area contributed by atoms with Gasteiger partial charge in [-0.1, -0.05) is 12.1 Å². The highest BCUT2D eigenvalue weighted by molar-refractivity contribution is 5.80. The number of carbonyl (C=O) groups is 1. The van der Waals surface area contributed by atoms with E-state index in [9.17, 15) is 4.79 Å². The van der Waals surface area contributed by atoms with E-state index in [2.05, 4.69) is 25.7 Å². The first-order chi connectivity index (χ1) is 13.1. The van der Waals surface area contributed by atoms with Gasteiger partial charge in [0.15, 0.2) is 12.6 Å². The quantitative estimate of drug-likeness (QED) is 0.473. The Labute approximate surface area is 158 Å². The van der Waals surface area contributed by atoms with Crippen LogP contribution in [0.2, 0.25) is 0 Å². The van der Waals surface area contributed by atoms with Gasteiger partial charge in [-0.25, -0.2) is 14.7 Å². The first-order valence-corrected chi connectivity index (χ1v) is 9.05. The molecule has 0 aliphatic carbocycles. The van der Waals surface area contributed by atoms with E-state index in [0.29, 0.717) is 12.3 Å². The zero-order chi connectivity index (χ0) is 19.1. The Morgan fingerprint density at radius 3 is 3.19 bits per heavy atom. The van der Waals surface area contributed by atoms with Gasteiger partial charge in [-0.05, 0) is 31.0 Å². The van der Waals surface area contributed by atoms with E-state index in [4.69, 9.17) is 10.5 Å². The van der Waals surface area contributed by atoms with Crippen molar-refractivity contribution in [2.45, 2.75) is 38.9 Å². The number of aryl methyl sites for hydroxylation is 1. The molecule has 0 fully saturated rings. The van der Waals surface area contributed by atoms with E-state index < -0.39 is 5.91 Å². The molecular weight excluding hydrogens is 346 g/mol. The van der Waals surface area contributed by atoms with Gasteiger partial charge in [-0.15, -0.1) is 0 Å². The number of aliphatic imine (C=N–C) groups is 1. The number of hydrogen-bond acceptors (Lipinski definition) is 5. The second kappa shape index (κ2) is 9.02. The number of guanidine groups is 1. The lowest BCUT2D eigenvalue weighted by Crippen LogP contribution is -2.47. The van der Waals surface area contributed by atoms with Crippen LogP contribution in [-0.2, 0) is 24.3 Å². The first kappa shape index (κ1) is 18.7. The molecule has 27 heavy (non-hydrogen) atoms. The number of rotatable bonds is 7. The van der Waals surface area contributed by atoms with Gasteiger partial charge in [0.25, 0.3) is 5.91 Å². The van der Waals surface area contributed by atoms with Crippen molar-refractivity contribution in [2.75, 3.05) is 13.2 Å². The molecule has 3 rings (SSSR count). The molecule has 1 aromatic heterocycles. The molecule has 1 aromatic carbocycles. The predicted molar refractivity (Wildman–Crippen MR) is 101 cm³/mol. The first-order valence-electron chi connectivity index (χ1n) is 9.05. The van der Waals surface area contributed by atoms with Crippen molar-refractivity contribution in [1.82, 2.24) is 25.4 Å². The maximum absolute atomic E-state index is 10.8. The molecule has 4 N–H and O–H groups in total. The SMILES string of the molecule is CCNC(=NCc1cccc(OCC(N)=O)c1)NC1CCc2ncnn2C1. The number of benzene rings is 1. The molecule has 2 heterocycles. The standard InChI is InChI=1S/C18H25N7O2/c1-2-20-18(24-14-6-7-17-22-12-23-25(17)10-14)21-9-13-4-3-5-15(8-13)27-11-16(19)26/h3-5,8,12,14H,2,6-7,9-11H2,1H3,(H2,19,26)(H2,20,21,24). The van der Waals surface area contributed by atoms with Gasteiger partial charge in [-0.3, -0.25) is 4.79 Å². The Morgan fingerprint density at radius 1 is 1.48 bits per heavy atom. The summed E-state index contributed by atoms with van der Waals surface area (Å²) in [5.74, 6) is 1.89. The van der Waals surface area contributed by atoms with Gasteiger partial charge in [0, 0.05) is 19.0 Å². The summed E-state index contributed by atoms with van der Waals surface area (Å²) in [6.45, 7) is 3.93. The maximum Gasteiger partial charge on any atom is 0.255 e. The number of nitrogens with one attached hydrogen (secondary N) is 2. The minimum absolute atomic E-state index is 0.136. The summed E-state index contributed by atoms with van der Waals surface area (Å²) in [6, 6.07) is 7.74. The fourth-order valence-corrected chi connectivity index (χ4v) is 2.93. The summed E-state index contributed by atoms with van der Waals surface area (Å²) >= 11 is 0. The van der Waals surface area contributed by atoms with Crippen molar-refractivity contribution in [2.24, 2.45) is 10.7 Å². The monoisotopic (exact) mass is 371 g/mol. The second-order valence-electron chi connectivity index (χ2n) is 6.34. The van der Waals surface area contributed by atoms with E-state index >= 15 is 0 Å². The molecule has 2 aromatic rings. The zero-order valence-electron chi connectivity index (χ0n) is 15.4. The number of amides is 1. The zero-order valence-corrected chi connectivity index (χ0v) is 15.4. The molecule has 9 nitrogen and oxygen atoms in total. The van der Waals surface area contributed by atoms with Crippen molar-refractivity contribution >= 4 is 11.9 Å². The predicted octanol–water partition coefficient (Wildman–Crippen LogP) is 0.212. The van der Waals surface area contributed by atoms with Crippen molar-refractivity contribution in [3.63, 3.8) is 0 Å². The van der Waals surface area contributed by atoms with Gasteiger partial charge >= 0.3 is 0 Å². The average molecular weight is 371 g/mol. The Bertz CT molecular complexity index is 803. The van der Waals surface area contributed by atoms with Crippen molar-refractivity contribution < 1.29 is 9.53 Å². The van der Waals surface area contributed by atoms with Crippen LogP contribution in [0.15, 0.2) is 35.6 Å². The molecule has 1 atom stereocenters. The van der Waals surface area contributed by atoms with Crippen molar-refractivity contribution in [3.05, 3.63) is 42.0 Å². The van der Waals surface area contributed by atoms with E-state index in [1.54, 1.807) is 12.4 Å². The van der Waals surface area contributed by atoms with Gasteiger partial charge < -0.3 is 21.1 Å².